The zero-order chi connectivity index (χ0) is 25.4. The van der Waals surface area contributed by atoms with E-state index in [9.17, 15) is 41.1 Å². The van der Waals surface area contributed by atoms with Crippen LogP contribution in [0.2, 0.25) is 0 Å². The Kier molecular flexibility index (Phi) is 6.71. The zero-order valence-corrected chi connectivity index (χ0v) is 17.8. The molecule has 180 valence electrons. The molecular weight excluding hydrogens is 467 g/mol. The van der Waals surface area contributed by atoms with Crippen LogP contribution in [-0.4, -0.2) is 41.7 Å². The van der Waals surface area contributed by atoms with E-state index in [2.05, 4.69) is 10.1 Å². The van der Waals surface area contributed by atoms with Gasteiger partial charge in [0.05, 0.1) is 11.1 Å². The number of ether oxygens (including phenoxy) is 1. The Morgan fingerprint density at radius 1 is 0.882 bits per heavy atom. The molecule has 7 nitrogen and oxygen atoms in total. The number of nitrogens with one attached hydrogen (secondary N) is 1. The smallest absolute Gasteiger partial charge is 0.326 e. The Balaban J connectivity index is 1.59. The summed E-state index contributed by atoms with van der Waals surface area (Å²) in [4.78, 5) is 50.3. The third-order valence-corrected chi connectivity index (χ3v) is 5.16. The van der Waals surface area contributed by atoms with Crippen molar-refractivity contribution in [2.45, 2.75) is 20.3 Å². The fourth-order valence-corrected chi connectivity index (χ4v) is 3.09. The van der Waals surface area contributed by atoms with Gasteiger partial charge in [-0.25, -0.2) is 13.2 Å². The highest BCUT2D eigenvalue weighted by Crippen LogP contribution is 2.31. The molecule has 0 unspecified atom stereocenters. The number of benzene rings is 2. The molecule has 1 heterocycles. The lowest BCUT2D eigenvalue weighted by atomic mass is 9.92. The number of rotatable bonds is 7. The number of fused-ring (bicyclic) bond motifs is 1. The average molecular weight is 484 g/mol. The molecular formula is C22H17F5N2O5. The molecule has 1 N–H and O–H groups in total. The van der Waals surface area contributed by atoms with Gasteiger partial charge in [0.2, 0.25) is 40.7 Å². The number of carbonyl (C=O) groups is 4. The predicted molar refractivity (Wildman–Crippen MR) is 105 cm³/mol. The van der Waals surface area contributed by atoms with Crippen molar-refractivity contribution in [1.29, 1.82) is 0 Å². The van der Waals surface area contributed by atoms with Gasteiger partial charge < -0.3 is 10.1 Å². The number of carbonyl (C=O) groups excluding carboxylic acids is 4. The molecule has 0 saturated heterocycles. The normalized spacial score (nSPS) is 13.2. The van der Waals surface area contributed by atoms with Crippen LogP contribution in [-0.2, 0) is 9.59 Å². The molecule has 3 amide bonds. The lowest BCUT2D eigenvalue weighted by Crippen LogP contribution is -2.45. The molecule has 1 aliphatic heterocycles. The minimum absolute atomic E-state index is 0.0396. The van der Waals surface area contributed by atoms with Crippen molar-refractivity contribution in [3.05, 3.63) is 64.5 Å². The Bertz CT molecular complexity index is 1150. The lowest BCUT2D eigenvalue weighted by molar-refractivity contribution is -0.151. The standard InChI is InChI=1S/C22H17F5N2O5/c1-22(2,21(33)34-17-15(26)13(24)12(23)14(25)16(17)27)20(32)28-8-5-9-29-18(30)10-6-3-4-7-11(10)19(29)31/h3-4,6-7H,5,8-9H2,1-2H3,(H,28,32). The van der Waals surface area contributed by atoms with Crippen LogP contribution in [0.3, 0.4) is 0 Å². The van der Waals surface area contributed by atoms with Crippen molar-refractivity contribution in [3.8, 4) is 5.75 Å². The van der Waals surface area contributed by atoms with Gasteiger partial charge in [0, 0.05) is 13.1 Å². The van der Waals surface area contributed by atoms with E-state index in [1.54, 1.807) is 12.1 Å². The summed E-state index contributed by atoms with van der Waals surface area (Å²) in [7, 11) is 0. The van der Waals surface area contributed by atoms with Crippen molar-refractivity contribution in [2.24, 2.45) is 5.41 Å². The minimum atomic E-state index is -2.43. The lowest BCUT2D eigenvalue weighted by Gasteiger charge is -2.22. The van der Waals surface area contributed by atoms with E-state index in [4.69, 9.17) is 0 Å². The molecule has 3 rings (SSSR count). The summed E-state index contributed by atoms with van der Waals surface area (Å²) in [5.41, 5.74) is -1.57. The first kappa shape index (κ1) is 24.8. The van der Waals surface area contributed by atoms with E-state index < -0.39 is 63.9 Å². The molecule has 2 aromatic carbocycles. The highest BCUT2D eigenvalue weighted by molar-refractivity contribution is 6.21. The van der Waals surface area contributed by atoms with E-state index in [1.165, 1.54) is 12.1 Å². The van der Waals surface area contributed by atoms with Crippen LogP contribution in [0.1, 0.15) is 41.0 Å². The summed E-state index contributed by atoms with van der Waals surface area (Å²) in [5, 5.41) is 2.34. The fraction of sp³-hybridized carbons (Fsp3) is 0.273. The number of halogens is 5. The second-order valence-electron chi connectivity index (χ2n) is 7.83. The average Bonchev–Trinajstić information content (AvgIpc) is 3.06. The van der Waals surface area contributed by atoms with Crippen LogP contribution >= 0.6 is 0 Å². The van der Waals surface area contributed by atoms with E-state index in [1.807, 2.05) is 0 Å². The predicted octanol–water partition coefficient (Wildman–Crippen LogP) is 3.12. The van der Waals surface area contributed by atoms with Crippen LogP contribution in [0.25, 0.3) is 0 Å². The van der Waals surface area contributed by atoms with Crippen LogP contribution in [0.4, 0.5) is 22.0 Å². The van der Waals surface area contributed by atoms with E-state index >= 15 is 0 Å². The molecule has 0 aromatic heterocycles. The van der Waals surface area contributed by atoms with Gasteiger partial charge in [-0.05, 0) is 32.4 Å². The first-order chi connectivity index (χ1) is 15.9. The molecule has 0 bridgehead atoms. The second-order valence-corrected chi connectivity index (χ2v) is 7.83. The summed E-state index contributed by atoms with van der Waals surface area (Å²) < 4.78 is 71.6. The Hall–Kier alpha value is -3.83. The van der Waals surface area contributed by atoms with Crippen molar-refractivity contribution in [3.63, 3.8) is 0 Å². The van der Waals surface area contributed by atoms with Gasteiger partial charge in [-0.3, -0.25) is 24.1 Å². The third kappa shape index (κ3) is 4.22. The van der Waals surface area contributed by atoms with Gasteiger partial charge in [-0.2, -0.15) is 8.78 Å². The Morgan fingerprint density at radius 3 is 1.85 bits per heavy atom. The van der Waals surface area contributed by atoms with Crippen LogP contribution in [0, 0.1) is 34.5 Å². The van der Waals surface area contributed by atoms with Crippen molar-refractivity contribution >= 4 is 23.7 Å². The number of nitrogens with zero attached hydrogens (tertiary/aromatic N) is 1. The van der Waals surface area contributed by atoms with Gasteiger partial charge in [0.15, 0.2) is 0 Å². The SMILES string of the molecule is CC(C)(C(=O)NCCCN1C(=O)c2ccccc2C1=O)C(=O)Oc1c(F)c(F)c(F)c(F)c1F. The first-order valence-electron chi connectivity index (χ1n) is 9.86. The molecule has 0 fully saturated rings. The molecule has 0 aliphatic carbocycles. The quantitative estimate of drug-likeness (QED) is 0.0953. The summed E-state index contributed by atoms with van der Waals surface area (Å²) in [6, 6.07) is 6.24. The Labute approximate surface area is 189 Å². The van der Waals surface area contributed by atoms with Crippen LogP contribution < -0.4 is 10.1 Å². The minimum Gasteiger partial charge on any atom is -0.419 e. The molecule has 12 heteroatoms. The van der Waals surface area contributed by atoms with Gasteiger partial charge in [-0.1, -0.05) is 12.1 Å². The van der Waals surface area contributed by atoms with Crippen molar-refractivity contribution in [2.75, 3.05) is 13.1 Å². The van der Waals surface area contributed by atoms with Crippen LogP contribution in [0.5, 0.6) is 5.75 Å². The number of esters is 1. The van der Waals surface area contributed by atoms with Crippen molar-refractivity contribution < 1.29 is 45.9 Å². The Morgan fingerprint density at radius 2 is 1.35 bits per heavy atom. The molecule has 0 radical (unpaired) electrons. The molecule has 0 saturated carbocycles. The van der Waals surface area contributed by atoms with Gasteiger partial charge in [0.1, 0.15) is 5.41 Å². The van der Waals surface area contributed by atoms with Crippen LogP contribution in [0.15, 0.2) is 24.3 Å². The second kappa shape index (κ2) is 9.20. The number of hydrogen-bond acceptors (Lipinski definition) is 5. The van der Waals surface area contributed by atoms with Gasteiger partial charge in [-0.15, -0.1) is 0 Å². The molecule has 2 aromatic rings. The zero-order valence-electron chi connectivity index (χ0n) is 17.8. The maximum absolute atomic E-state index is 13.8. The summed E-state index contributed by atoms with van der Waals surface area (Å²) in [5.74, 6) is -17.1. The molecule has 0 spiro atoms. The van der Waals surface area contributed by atoms with Crippen molar-refractivity contribution in [1.82, 2.24) is 10.2 Å². The molecule has 1 aliphatic rings. The number of imide groups is 1. The number of hydrogen-bond donors (Lipinski definition) is 1. The maximum atomic E-state index is 13.8. The highest BCUT2D eigenvalue weighted by Gasteiger charge is 2.40. The largest absolute Gasteiger partial charge is 0.419 e. The summed E-state index contributed by atoms with van der Waals surface area (Å²) >= 11 is 0. The summed E-state index contributed by atoms with van der Waals surface area (Å²) in [6.07, 6.45) is 0.111. The molecule has 34 heavy (non-hydrogen) atoms. The van der Waals surface area contributed by atoms with Gasteiger partial charge >= 0.3 is 5.97 Å². The number of amides is 3. The topological polar surface area (TPSA) is 92.8 Å². The van der Waals surface area contributed by atoms with E-state index in [-0.39, 0.29) is 30.6 Å². The molecule has 0 atom stereocenters. The monoisotopic (exact) mass is 484 g/mol. The summed E-state index contributed by atoms with van der Waals surface area (Å²) in [6.45, 7) is 1.88. The highest BCUT2D eigenvalue weighted by atomic mass is 19.2. The van der Waals surface area contributed by atoms with Gasteiger partial charge in [0.25, 0.3) is 11.8 Å². The van der Waals surface area contributed by atoms with E-state index in [0.29, 0.717) is 0 Å². The first-order valence-corrected chi connectivity index (χ1v) is 9.86. The van der Waals surface area contributed by atoms with E-state index in [0.717, 1.165) is 18.7 Å². The third-order valence-electron chi connectivity index (χ3n) is 5.16. The fourth-order valence-electron chi connectivity index (χ4n) is 3.09. The maximum Gasteiger partial charge on any atom is 0.326 e.